The van der Waals surface area contributed by atoms with Crippen LogP contribution in [0.15, 0.2) is 87.0 Å². The maximum atomic E-state index is 3.94. The van der Waals surface area contributed by atoms with E-state index >= 15 is 0 Å². The van der Waals surface area contributed by atoms with Gasteiger partial charge in [0.15, 0.2) is 0 Å². The van der Waals surface area contributed by atoms with E-state index in [0.717, 1.165) is 25.7 Å². The molecule has 24 heavy (non-hydrogen) atoms. The van der Waals surface area contributed by atoms with E-state index in [1.807, 2.05) is 24.3 Å². The van der Waals surface area contributed by atoms with Crippen molar-refractivity contribution in [2.45, 2.75) is 25.7 Å². The number of hydrogen-bond acceptors (Lipinski definition) is 0. The Kier molecular flexibility index (Phi) is 6.57. The fourth-order valence-electron chi connectivity index (χ4n) is 3.24. The second-order valence-electron chi connectivity index (χ2n) is 5.86. The van der Waals surface area contributed by atoms with Crippen molar-refractivity contribution in [2.24, 2.45) is 0 Å². The van der Waals surface area contributed by atoms with Gasteiger partial charge in [0, 0.05) is 0 Å². The number of allylic oxidation sites excluding steroid dienone is 4. The highest BCUT2D eigenvalue weighted by molar-refractivity contribution is 5.74. The summed E-state index contributed by atoms with van der Waals surface area (Å²) in [6.07, 6.45) is 11.4. The minimum Gasteiger partial charge on any atom is -0.103 e. The Morgan fingerprint density at radius 1 is 0.542 bits per heavy atom. The lowest BCUT2D eigenvalue weighted by atomic mass is 9.86. The summed E-state index contributed by atoms with van der Waals surface area (Å²) >= 11 is 0. The van der Waals surface area contributed by atoms with Crippen molar-refractivity contribution in [3.05, 3.63) is 109 Å². The Morgan fingerprint density at radius 3 is 1.25 bits per heavy atom. The first kappa shape index (κ1) is 17.7. The fraction of sp³-hybridized carbons (Fsp3) is 0.167. The number of rotatable bonds is 9. The average Bonchev–Trinajstić information content (AvgIpc) is 2.59. The summed E-state index contributed by atoms with van der Waals surface area (Å²) in [7, 11) is 0. The molecule has 0 aliphatic rings. The van der Waals surface area contributed by atoms with E-state index in [4.69, 9.17) is 0 Å². The van der Waals surface area contributed by atoms with E-state index in [-0.39, 0.29) is 0 Å². The van der Waals surface area contributed by atoms with E-state index < -0.39 is 0 Å². The predicted octanol–water partition coefficient (Wildman–Crippen LogP) is 6.27. The van der Waals surface area contributed by atoms with Gasteiger partial charge in [-0.3, -0.25) is 0 Å². The van der Waals surface area contributed by atoms with Crippen LogP contribution in [0.1, 0.15) is 22.3 Å². The molecule has 122 valence electrons. The zero-order valence-corrected chi connectivity index (χ0v) is 14.4. The van der Waals surface area contributed by atoms with Crippen molar-refractivity contribution in [2.75, 3.05) is 0 Å². The second-order valence-corrected chi connectivity index (χ2v) is 5.86. The standard InChI is InChI=1S/C24H26/c1-5-11-19-15-9-17-23(21(19)13-7-3)24-18-10-16-20(12-6-2)22(24)14-8-4/h5-10,15-18H,1-4,11-14H2. The van der Waals surface area contributed by atoms with Crippen molar-refractivity contribution < 1.29 is 0 Å². The molecule has 0 spiro atoms. The van der Waals surface area contributed by atoms with Crippen molar-refractivity contribution >= 4 is 0 Å². The molecule has 0 amide bonds. The summed E-state index contributed by atoms with van der Waals surface area (Å²) in [5, 5.41) is 0. The lowest BCUT2D eigenvalue weighted by Gasteiger charge is -2.18. The van der Waals surface area contributed by atoms with Crippen LogP contribution in [-0.2, 0) is 25.7 Å². The molecule has 0 radical (unpaired) electrons. The summed E-state index contributed by atoms with van der Waals surface area (Å²) in [4.78, 5) is 0. The molecule has 2 aromatic rings. The molecular formula is C24H26. The second kappa shape index (κ2) is 8.88. The van der Waals surface area contributed by atoms with Gasteiger partial charge in [-0.25, -0.2) is 0 Å². The van der Waals surface area contributed by atoms with Crippen molar-refractivity contribution in [3.8, 4) is 11.1 Å². The van der Waals surface area contributed by atoms with Gasteiger partial charge in [-0.05, 0) is 59.1 Å². The van der Waals surface area contributed by atoms with E-state index in [1.165, 1.54) is 33.4 Å². The van der Waals surface area contributed by atoms with Crippen LogP contribution in [-0.4, -0.2) is 0 Å². The maximum Gasteiger partial charge on any atom is -0.00911 e. The Bertz CT molecular complexity index is 681. The zero-order chi connectivity index (χ0) is 17.4. The lowest BCUT2D eigenvalue weighted by Crippen LogP contribution is -2.00. The first-order chi connectivity index (χ1) is 11.8. The van der Waals surface area contributed by atoms with Gasteiger partial charge in [-0.15, -0.1) is 26.3 Å². The lowest BCUT2D eigenvalue weighted by molar-refractivity contribution is 1.13. The predicted molar refractivity (Wildman–Crippen MR) is 107 cm³/mol. The van der Waals surface area contributed by atoms with Gasteiger partial charge < -0.3 is 0 Å². The molecule has 0 aromatic heterocycles. The average molecular weight is 314 g/mol. The summed E-state index contributed by atoms with van der Waals surface area (Å²) < 4.78 is 0. The van der Waals surface area contributed by atoms with Crippen LogP contribution < -0.4 is 0 Å². The largest absolute Gasteiger partial charge is 0.103 e. The summed E-state index contributed by atoms with van der Waals surface area (Å²) in [6, 6.07) is 13.1. The molecule has 0 aliphatic carbocycles. The van der Waals surface area contributed by atoms with E-state index in [2.05, 4.69) is 62.7 Å². The highest BCUT2D eigenvalue weighted by Crippen LogP contribution is 2.32. The van der Waals surface area contributed by atoms with Crippen LogP contribution in [0.5, 0.6) is 0 Å². The molecule has 0 aliphatic heterocycles. The van der Waals surface area contributed by atoms with Gasteiger partial charge in [0.25, 0.3) is 0 Å². The van der Waals surface area contributed by atoms with Crippen LogP contribution in [0, 0.1) is 0 Å². The maximum absolute atomic E-state index is 3.94. The Morgan fingerprint density at radius 2 is 0.917 bits per heavy atom. The smallest absolute Gasteiger partial charge is 0.00911 e. The fourth-order valence-corrected chi connectivity index (χ4v) is 3.24. The molecule has 0 heteroatoms. The van der Waals surface area contributed by atoms with Gasteiger partial charge in [-0.1, -0.05) is 60.7 Å². The van der Waals surface area contributed by atoms with E-state index in [0.29, 0.717) is 0 Å². The summed E-state index contributed by atoms with van der Waals surface area (Å²) in [5.41, 5.74) is 7.90. The van der Waals surface area contributed by atoms with Crippen molar-refractivity contribution in [1.82, 2.24) is 0 Å². The molecule has 0 saturated heterocycles. The third-order valence-corrected chi connectivity index (χ3v) is 4.26. The number of hydrogen-bond donors (Lipinski definition) is 0. The third-order valence-electron chi connectivity index (χ3n) is 4.26. The van der Waals surface area contributed by atoms with Gasteiger partial charge in [0.2, 0.25) is 0 Å². The van der Waals surface area contributed by atoms with Gasteiger partial charge in [0.05, 0.1) is 0 Å². The number of benzene rings is 2. The molecule has 2 rings (SSSR count). The first-order valence-corrected chi connectivity index (χ1v) is 8.42. The molecule has 0 heterocycles. The van der Waals surface area contributed by atoms with E-state index in [1.54, 1.807) is 0 Å². The Labute approximate surface area is 146 Å². The third kappa shape index (κ3) is 3.83. The highest BCUT2D eigenvalue weighted by atomic mass is 14.2. The Hall–Kier alpha value is -2.60. The molecule has 0 N–H and O–H groups in total. The monoisotopic (exact) mass is 314 g/mol. The normalized spacial score (nSPS) is 10.2. The molecule has 0 nitrogen and oxygen atoms in total. The molecule has 0 unspecified atom stereocenters. The molecule has 0 atom stereocenters. The molecule has 0 bridgehead atoms. The minimum atomic E-state index is 0.860. The summed E-state index contributed by atoms with van der Waals surface area (Å²) in [6.45, 7) is 15.7. The van der Waals surface area contributed by atoms with Crippen LogP contribution in [0.4, 0.5) is 0 Å². The SMILES string of the molecule is C=CCc1cccc(-c2cccc(CC=C)c2CC=C)c1CC=C. The zero-order valence-electron chi connectivity index (χ0n) is 14.4. The van der Waals surface area contributed by atoms with Gasteiger partial charge >= 0.3 is 0 Å². The molecule has 0 saturated carbocycles. The van der Waals surface area contributed by atoms with Crippen molar-refractivity contribution in [1.29, 1.82) is 0 Å². The Balaban J connectivity index is 2.70. The first-order valence-electron chi connectivity index (χ1n) is 8.42. The van der Waals surface area contributed by atoms with Crippen LogP contribution >= 0.6 is 0 Å². The summed E-state index contributed by atoms with van der Waals surface area (Å²) in [5.74, 6) is 0. The van der Waals surface area contributed by atoms with Crippen LogP contribution in [0.25, 0.3) is 11.1 Å². The van der Waals surface area contributed by atoms with Crippen LogP contribution in [0.2, 0.25) is 0 Å². The van der Waals surface area contributed by atoms with Crippen molar-refractivity contribution in [3.63, 3.8) is 0 Å². The topological polar surface area (TPSA) is 0 Å². The molecule has 2 aromatic carbocycles. The molecule has 0 fully saturated rings. The van der Waals surface area contributed by atoms with Gasteiger partial charge in [0.1, 0.15) is 0 Å². The van der Waals surface area contributed by atoms with Crippen LogP contribution in [0.3, 0.4) is 0 Å². The highest BCUT2D eigenvalue weighted by Gasteiger charge is 2.13. The quantitative estimate of drug-likeness (QED) is 0.479. The minimum absolute atomic E-state index is 0.860. The van der Waals surface area contributed by atoms with Gasteiger partial charge in [-0.2, -0.15) is 0 Å². The van der Waals surface area contributed by atoms with E-state index in [9.17, 15) is 0 Å². The molecular weight excluding hydrogens is 288 g/mol.